The van der Waals surface area contributed by atoms with Crippen LogP contribution in [0.4, 0.5) is 5.69 Å². The third-order valence-electron chi connectivity index (χ3n) is 8.74. The first-order chi connectivity index (χ1) is 15.6. The number of anilines is 1. The summed E-state index contributed by atoms with van der Waals surface area (Å²) in [6.07, 6.45) is 12.2. The fraction of sp³-hybridized carbons (Fsp3) is 0.704. The number of carbonyl (C=O) groups is 2. The summed E-state index contributed by atoms with van der Waals surface area (Å²) in [5, 5.41) is 0. The first-order valence-electron chi connectivity index (χ1n) is 13.0. The van der Waals surface area contributed by atoms with E-state index in [0.717, 1.165) is 69.9 Å². The molecule has 2 aliphatic carbocycles. The molecule has 0 unspecified atom stereocenters. The minimum Gasteiger partial charge on any atom is -0.343 e. The Balaban J connectivity index is 1.10. The predicted molar refractivity (Wildman–Crippen MR) is 128 cm³/mol. The molecule has 1 aromatic carbocycles. The van der Waals surface area contributed by atoms with E-state index >= 15 is 0 Å². The van der Waals surface area contributed by atoms with Crippen LogP contribution in [0.3, 0.4) is 0 Å². The molecule has 0 atom stereocenters. The Kier molecular flexibility index (Phi) is 6.28. The van der Waals surface area contributed by atoms with E-state index in [1.165, 1.54) is 37.7 Å². The highest BCUT2D eigenvalue weighted by molar-refractivity contribution is 6.00. The largest absolute Gasteiger partial charge is 0.343 e. The molecule has 5 rings (SSSR count). The molecular weight excluding hydrogens is 398 g/mol. The van der Waals surface area contributed by atoms with Gasteiger partial charge in [-0.25, -0.2) is 0 Å². The van der Waals surface area contributed by atoms with E-state index in [1.807, 2.05) is 16.8 Å². The summed E-state index contributed by atoms with van der Waals surface area (Å²) >= 11 is 0. The van der Waals surface area contributed by atoms with Crippen molar-refractivity contribution in [1.29, 1.82) is 0 Å². The Hall–Kier alpha value is -1.88. The standard InChI is InChI=1S/C27H39N3O2/c1-28(23-5-3-2-4-6-23)25(31)13-17-29-18-14-27(15-19-29)16-20-30(26(27)32)24-11-9-22(10-12-24)21-7-8-21/h9-12,21,23H,2-8,13-20H2,1H3. The van der Waals surface area contributed by atoms with E-state index in [0.29, 0.717) is 18.4 Å². The average Bonchev–Trinajstić information content (AvgIpc) is 3.65. The lowest BCUT2D eigenvalue weighted by atomic mass is 9.77. The minimum atomic E-state index is -0.186. The molecular formula is C27H39N3O2. The van der Waals surface area contributed by atoms with E-state index in [1.54, 1.807) is 0 Å². The third kappa shape index (κ3) is 4.46. The molecule has 1 aromatic rings. The van der Waals surface area contributed by atoms with E-state index in [-0.39, 0.29) is 11.3 Å². The topological polar surface area (TPSA) is 43.9 Å². The fourth-order valence-corrected chi connectivity index (χ4v) is 6.18. The molecule has 2 heterocycles. The quantitative estimate of drug-likeness (QED) is 0.655. The molecule has 5 heteroatoms. The van der Waals surface area contributed by atoms with Crippen LogP contribution in [-0.4, -0.2) is 60.9 Å². The van der Waals surface area contributed by atoms with Crippen molar-refractivity contribution in [1.82, 2.24) is 9.80 Å². The van der Waals surface area contributed by atoms with Gasteiger partial charge in [0.2, 0.25) is 11.8 Å². The van der Waals surface area contributed by atoms with Gasteiger partial charge in [0, 0.05) is 38.3 Å². The van der Waals surface area contributed by atoms with Crippen molar-refractivity contribution >= 4 is 17.5 Å². The maximum atomic E-state index is 13.4. The molecule has 0 radical (unpaired) electrons. The number of hydrogen-bond donors (Lipinski definition) is 0. The monoisotopic (exact) mass is 437 g/mol. The molecule has 0 bridgehead atoms. The van der Waals surface area contributed by atoms with E-state index in [4.69, 9.17) is 0 Å². The molecule has 2 saturated heterocycles. The number of nitrogens with zero attached hydrogens (tertiary/aromatic N) is 3. The van der Waals surface area contributed by atoms with Crippen molar-refractivity contribution < 1.29 is 9.59 Å². The van der Waals surface area contributed by atoms with Gasteiger partial charge < -0.3 is 14.7 Å². The van der Waals surface area contributed by atoms with Crippen LogP contribution in [0.15, 0.2) is 24.3 Å². The van der Waals surface area contributed by atoms with Crippen LogP contribution in [-0.2, 0) is 9.59 Å². The first-order valence-corrected chi connectivity index (χ1v) is 13.0. The lowest BCUT2D eigenvalue weighted by Gasteiger charge is -2.38. The molecule has 32 heavy (non-hydrogen) atoms. The van der Waals surface area contributed by atoms with Gasteiger partial charge in [-0.15, -0.1) is 0 Å². The van der Waals surface area contributed by atoms with Gasteiger partial charge in [0.25, 0.3) is 0 Å². The second-order valence-corrected chi connectivity index (χ2v) is 10.7. The highest BCUT2D eigenvalue weighted by Crippen LogP contribution is 2.44. The van der Waals surface area contributed by atoms with Gasteiger partial charge in [0.15, 0.2) is 0 Å². The molecule has 5 nitrogen and oxygen atoms in total. The summed E-state index contributed by atoms with van der Waals surface area (Å²) in [6.45, 7) is 3.53. The van der Waals surface area contributed by atoms with Crippen molar-refractivity contribution in [2.24, 2.45) is 5.41 Å². The Morgan fingerprint density at radius 1 is 0.969 bits per heavy atom. The molecule has 4 fully saturated rings. The lowest BCUT2D eigenvalue weighted by Crippen LogP contribution is -2.46. The zero-order chi connectivity index (χ0) is 22.1. The van der Waals surface area contributed by atoms with Crippen molar-refractivity contribution in [3.05, 3.63) is 29.8 Å². The number of carbonyl (C=O) groups excluding carboxylic acids is 2. The normalized spacial score (nSPS) is 24.3. The number of rotatable bonds is 6. The second kappa shape index (κ2) is 9.17. The van der Waals surface area contributed by atoms with Crippen LogP contribution >= 0.6 is 0 Å². The summed E-state index contributed by atoms with van der Waals surface area (Å²) < 4.78 is 0. The van der Waals surface area contributed by atoms with Gasteiger partial charge >= 0.3 is 0 Å². The Morgan fingerprint density at radius 3 is 2.28 bits per heavy atom. The van der Waals surface area contributed by atoms with Crippen LogP contribution in [0.5, 0.6) is 0 Å². The summed E-state index contributed by atoms with van der Waals surface area (Å²) in [6, 6.07) is 9.17. The van der Waals surface area contributed by atoms with Gasteiger partial charge in [0.1, 0.15) is 0 Å². The highest BCUT2D eigenvalue weighted by Gasteiger charge is 2.48. The number of piperidine rings is 1. The summed E-state index contributed by atoms with van der Waals surface area (Å²) in [4.78, 5) is 32.5. The van der Waals surface area contributed by atoms with Crippen molar-refractivity contribution in [3.63, 3.8) is 0 Å². The fourth-order valence-electron chi connectivity index (χ4n) is 6.18. The summed E-state index contributed by atoms with van der Waals surface area (Å²) in [5.74, 6) is 1.36. The summed E-state index contributed by atoms with van der Waals surface area (Å²) in [7, 11) is 1.99. The number of benzene rings is 1. The van der Waals surface area contributed by atoms with Gasteiger partial charge in [-0.05, 0) is 81.6 Å². The maximum absolute atomic E-state index is 13.4. The average molecular weight is 438 g/mol. The molecule has 1 spiro atoms. The van der Waals surface area contributed by atoms with Crippen LogP contribution in [0.2, 0.25) is 0 Å². The predicted octanol–water partition coefficient (Wildman–Crippen LogP) is 4.56. The highest BCUT2D eigenvalue weighted by atomic mass is 16.2. The zero-order valence-corrected chi connectivity index (χ0v) is 19.7. The van der Waals surface area contributed by atoms with Crippen molar-refractivity contribution in [2.75, 3.05) is 38.1 Å². The van der Waals surface area contributed by atoms with Crippen LogP contribution in [0, 0.1) is 5.41 Å². The van der Waals surface area contributed by atoms with Gasteiger partial charge in [-0.1, -0.05) is 31.4 Å². The van der Waals surface area contributed by atoms with Crippen molar-refractivity contribution in [3.8, 4) is 0 Å². The second-order valence-electron chi connectivity index (χ2n) is 10.7. The molecule has 0 N–H and O–H groups in total. The summed E-state index contributed by atoms with van der Waals surface area (Å²) in [5.41, 5.74) is 2.30. The van der Waals surface area contributed by atoms with Gasteiger partial charge in [0.05, 0.1) is 5.41 Å². The zero-order valence-electron chi connectivity index (χ0n) is 19.7. The number of likely N-dealkylation sites (tertiary alicyclic amines) is 1. The maximum Gasteiger partial charge on any atom is 0.233 e. The minimum absolute atomic E-state index is 0.186. The number of hydrogen-bond acceptors (Lipinski definition) is 3. The van der Waals surface area contributed by atoms with E-state index < -0.39 is 0 Å². The lowest BCUT2D eigenvalue weighted by molar-refractivity contribution is -0.133. The smallest absolute Gasteiger partial charge is 0.233 e. The molecule has 174 valence electrons. The number of amides is 2. The van der Waals surface area contributed by atoms with Crippen molar-refractivity contribution in [2.45, 2.75) is 82.6 Å². The molecule has 4 aliphatic rings. The van der Waals surface area contributed by atoms with E-state index in [2.05, 4.69) is 29.2 Å². The Labute approximate surface area is 193 Å². The van der Waals surface area contributed by atoms with Crippen LogP contribution in [0.25, 0.3) is 0 Å². The van der Waals surface area contributed by atoms with Gasteiger partial charge in [-0.2, -0.15) is 0 Å². The van der Waals surface area contributed by atoms with Gasteiger partial charge in [-0.3, -0.25) is 9.59 Å². The van der Waals surface area contributed by atoms with E-state index in [9.17, 15) is 9.59 Å². The molecule has 2 saturated carbocycles. The first kappa shape index (κ1) is 21.9. The van der Waals surface area contributed by atoms with Crippen LogP contribution < -0.4 is 4.90 Å². The van der Waals surface area contributed by atoms with Crippen LogP contribution in [0.1, 0.15) is 82.1 Å². The molecule has 0 aromatic heterocycles. The third-order valence-corrected chi connectivity index (χ3v) is 8.74. The Morgan fingerprint density at radius 2 is 1.62 bits per heavy atom. The molecule has 2 amide bonds. The molecule has 2 aliphatic heterocycles. The SMILES string of the molecule is CN(C(=O)CCN1CCC2(CC1)CCN(c1ccc(C3CC3)cc1)C2=O)C1CCCCC1. The Bertz CT molecular complexity index is 818.